The molecule has 116 valence electrons. The third-order valence-corrected chi connectivity index (χ3v) is 4.32. The molecule has 4 heteroatoms. The summed E-state index contributed by atoms with van der Waals surface area (Å²) in [6, 6.07) is 9.99. The van der Waals surface area contributed by atoms with E-state index in [2.05, 4.69) is 4.90 Å². The highest BCUT2D eigenvalue weighted by Gasteiger charge is 2.34. The number of carbonyl (C=O) groups is 1. The lowest BCUT2D eigenvalue weighted by molar-refractivity contribution is -0.138. The van der Waals surface area contributed by atoms with Gasteiger partial charge in [-0.25, -0.2) is 0 Å². The van der Waals surface area contributed by atoms with Crippen molar-refractivity contribution in [3.05, 3.63) is 35.9 Å². The van der Waals surface area contributed by atoms with E-state index in [1.54, 1.807) is 0 Å². The number of piperazine rings is 1. The molecule has 1 N–H and O–H groups in total. The summed E-state index contributed by atoms with van der Waals surface area (Å²) in [5.41, 5.74) is 0.590. The molecule has 0 aromatic heterocycles. The highest BCUT2D eigenvalue weighted by molar-refractivity contribution is 5.87. The Morgan fingerprint density at radius 3 is 2.33 bits per heavy atom. The topological polar surface area (TPSA) is 43.8 Å². The molecule has 0 radical (unpaired) electrons. The molecule has 1 saturated heterocycles. The van der Waals surface area contributed by atoms with Crippen LogP contribution in [0.4, 0.5) is 0 Å². The van der Waals surface area contributed by atoms with Gasteiger partial charge in [0.2, 0.25) is 5.91 Å². The van der Waals surface area contributed by atoms with E-state index in [0.717, 1.165) is 44.7 Å². The molecule has 0 unspecified atom stereocenters. The fourth-order valence-electron chi connectivity index (χ4n) is 2.84. The lowest BCUT2D eigenvalue weighted by atomic mass is 9.83. The number of aliphatic hydroxyl groups excluding tert-OH is 1. The van der Waals surface area contributed by atoms with Crippen molar-refractivity contribution in [3.63, 3.8) is 0 Å². The second-order valence-electron chi connectivity index (χ2n) is 6.20. The summed E-state index contributed by atoms with van der Waals surface area (Å²) in [6.07, 6.45) is 0.809. The predicted octanol–water partition coefficient (Wildman–Crippen LogP) is 1.49. The molecule has 1 aromatic rings. The Kier molecular flexibility index (Phi) is 5.37. The number of rotatable bonds is 5. The molecule has 1 aromatic carbocycles. The van der Waals surface area contributed by atoms with Crippen molar-refractivity contribution < 1.29 is 9.90 Å². The van der Waals surface area contributed by atoms with Crippen LogP contribution in [0.3, 0.4) is 0 Å². The molecule has 2 rings (SSSR count). The average Bonchev–Trinajstić information content (AvgIpc) is 2.53. The lowest BCUT2D eigenvalue weighted by Crippen LogP contribution is -2.53. The maximum absolute atomic E-state index is 12.8. The van der Waals surface area contributed by atoms with Gasteiger partial charge in [0.25, 0.3) is 0 Å². The number of carbonyl (C=O) groups excluding carboxylic acids is 1. The van der Waals surface area contributed by atoms with Crippen LogP contribution in [0.2, 0.25) is 0 Å². The molecule has 4 nitrogen and oxygen atoms in total. The summed E-state index contributed by atoms with van der Waals surface area (Å²) in [6.45, 7) is 8.51. The molecule has 0 bridgehead atoms. The van der Waals surface area contributed by atoms with Crippen LogP contribution < -0.4 is 0 Å². The minimum Gasteiger partial charge on any atom is -0.396 e. The molecule has 0 aliphatic carbocycles. The number of aliphatic hydroxyl groups is 1. The molecule has 21 heavy (non-hydrogen) atoms. The summed E-state index contributed by atoms with van der Waals surface area (Å²) < 4.78 is 0. The average molecular weight is 290 g/mol. The van der Waals surface area contributed by atoms with Crippen LogP contribution in [0, 0.1) is 0 Å². The maximum Gasteiger partial charge on any atom is 0.232 e. The predicted molar refractivity (Wildman–Crippen MR) is 84.2 cm³/mol. The number of benzene rings is 1. The van der Waals surface area contributed by atoms with Gasteiger partial charge in [0.15, 0.2) is 0 Å². The van der Waals surface area contributed by atoms with Crippen molar-refractivity contribution in [1.82, 2.24) is 9.80 Å². The molecule has 1 amide bonds. The van der Waals surface area contributed by atoms with E-state index in [1.807, 2.05) is 49.1 Å². The summed E-state index contributed by atoms with van der Waals surface area (Å²) in [5.74, 6) is 0.204. The van der Waals surface area contributed by atoms with E-state index in [1.165, 1.54) is 0 Å². The van der Waals surface area contributed by atoms with Crippen molar-refractivity contribution in [2.45, 2.75) is 25.7 Å². The van der Waals surface area contributed by atoms with Crippen molar-refractivity contribution in [1.29, 1.82) is 0 Å². The highest BCUT2D eigenvalue weighted by atomic mass is 16.3. The first-order valence-corrected chi connectivity index (χ1v) is 7.74. The van der Waals surface area contributed by atoms with Crippen LogP contribution in [0.1, 0.15) is 25.8 Å². The van der Waals surface area contributed by atoms with E-state index in [9.17, 15) is 4.79 Å². The zero-order valence-electron chi connectivity index (χ0n) is 13.1. The van der Waals surface area contributed by atoms with Crippen molar-refractivity contribution >= 4 is 5.91 Å². The molecule has 0 saturated carbocycles. The third-order valence-electron chi connectivity index (χ3n) is 4.32. The van der Waals surface area contributed by atoms with E-state index in [0.29, 0.717) is 0 Å². The monoisotopic (exact) mass is 290 g/mol. The fraction of sp³-hybridized carbons (Fsp3) is 0.588. The van der Waals surface area contributed by atoms with Gasteiger partial charge < -0.3 is 10.0 Å². The Bertz CT molecular complexity index is 451. The van der Waals surface area contributed by atoms with Crippen molar-refractivity contribution in [2.75, 3.05) is 39.3 Å². The normalized spacial score (nSPS) is 17.0. The van der Waals surface area contributed by atoms with Gasteiger partial charge in [0.1, 0.15) is 0 Å². The number of nitrogens with zero attached hydrogens (tertiary/aromatic N) is 2. The molecular weight excluding hydrogens is 264 g/mol. The smallest absolute Gasteiger partial charge is 0.232 e. The standard InChI is InChI=1S/C17H26N2O2/c1-17(2,15-7-4-3-5-8-15)16(21)19-12-10-18(11-13-19)9-6-14-20/h3-5,7-8,20H,6,9-14H2,1-2H3. The van der Waals surface area contributed by atoms with Crippen LogP contribution in [0.25, 0.3) is 0 Å². The number of hydrogen-bond acceptors (Lipinski definition) is 3. The first-order valence-electron chi connectivity index (χ1n) is 7.74. The Labute approximate surface area is 127 Å². The Morgan fingerprint density at radius 1 is 1.14 bits per heavy atom. The summed E-state index contributed by atoms with van der Waals surface area (Å²) in [7, 11) is 0. The van der Waals surface area contributed by atoms with Gasteiger partial charge in [0.05, 0.1) is 5.41 Å². The number of amides is 1. The third kappa shape index (κ3) is 3.83. The van der Waals surface area contributed by atoms with Crippen LogP contribution in [0.15, 0.2) is 30.3 Å². The zero-order chi connectivity index (χ0) is 15.3. The first-order chi connectivity index (χ1) is 10.1. The van der Waals surface area contributed by atoms with Crippen molar-refractivity contribution in [3.8, 4) is 0 Å². The van der Waals surface area contributed by atoms with Gasteiger partial charge in [-0.3, -0.25) is 9.69 Å². The van der Waals surface area contributed by atoms with Gasteiger partial charge in [-0.1, -0.05) is 30.3 Å². The molecule has 1 aliphatic heterocycles. The summed E-state index contributed by atoms with van der Waals surface area (Å²) in [4.78, 5) is 17.1. The first kappa shape index (κ1) is 16.0. The highest BCUT2D eigenvalue weighted by Crippen LogP contribution is 2.26. The molecule has 1 aliphatic rings. The fourth-order valence-corrected chi connectivity index (χ4v) is 2.84. The summed E-state index contributed by atoms with van der Waals surface area (Å²) >= 11 is 0. The van der Waals surface area contributed by atoms with Gasteiger partial charge in [-0.2, -0.15) is 0 Å². The Morgan fingerprint density at radius 2 is 1.76 bits per heavy atom. The second kappa shape index (κ2) is 7.05. The number of hydrogen-bond donors (Lipinski definition) is 1. The van der Waals surface area contributed by atoms with Crippen LogP contribution in [-0.2, 0) is 10.2 Å². The Hall–Kier alpha value is -1.39. The van der Waals surface area contributed by atoms with Crippen LogP contribution >= 0.6 is 0 Å². The molecular formula is C17H26N2O2. The molecule has 1 fully saturated rings. The minimum absolute atomic E-state index is 0.204. The van der Waals surface area contributed by atoms with Crippen LogP contribution in [0.5, 0.6) is 0 Å². The quantitative estimate of drug-likeness (QED) is 0.893. The maximum atomic E-state index is 12.8. The van der Waals surface area contributed by atoms with E-state index < -0.39 is 5.41 Å². The van der Waals surface area contributed by atoms with Gasteiger partial charge >= 0.3 is 0 Å². The van der Waals surface area contributed by atoms with Gasteiger partial charge in [0, 0.05) is 39.3 Å². The van der Waals surface area contributed by atoms with Gasteiger partial charge in [-0.15, -0.1) is 0 Å². The Balaban J connectivity index is 1.95. The van der Waals surface area contributed by atoms with Crippen LogP contribution in [-0.4, -0.2) is 60.1 Å². The largest absolute Gasteiger partial charge is 0.396 e. The zero-order valence-corrected chi connectivity index (χ0v) is 13.1. The van der Waals surface area contributed by atoms with Gasteiger partial charge in [-0.05, 0) is 25.8 Å². The second-order valence-corrected chi connectivity index (χ2v) is 6.20. The molecule has 1 heterocycles. The van der Waals surface area contributed by atoms with E-state index in [4.69, 9.17) is 5.11 Å². The minimum atomic E-state index is -0.478. The van der Waals surface area contributed by atoms with E-state index in [-0.39, 0.29) is 12.5 Å². The lowest BCUT2D eigenvalue weighted by Gasteiger charge is -2.38. The molecule has 0 spiro atoms. The van der Waals surface area contributed by atoms with E-state index >= 15 is 0 Å². The SMILES string of the molecule is CC(C)(C(=O)N1CCN(CCCO)CC1)c1ccccc1. The van der Waals surface area contributed by atoms with Crippen molar-refractivity contribution in [2.24, 2.45) is 0 Å². The summed E-state index contributed by atoms with van der Waals surface area (Å²) in [5, 5.41) is 8.88. The molecule has 0 atom stereocenters.